The molecule has 0 aliphatic carbocycles. The van der Waals surface area contributed by atoms with Crippen molar-refractivity contribution in [2.24, 2.45) is 0 Å². The third kappa shape index (κ3) is 10.2. The van der Waals surface area contributed by atoms with Gasteiger partial charge in [-0.25, -0.2) is 14.2 Å². The number of carbonyl (C=O) groups excluding carboxylic acids is 3. The van der Waals surface area contributed by atoms with Crippen LogP contribution in [0.15, 0.2) is 59.7 Å². The molecule has 4 aliphatic rings. The first kappa shape index (κ1) is 47.3. The van der Waals surface area contributed by atoms with Gasteiger partial charge in [-0.05, 0) is 93.1 Å². The number of nitrogens with one attached hydrogen (secondary N) is 2. The summed E-state index contributed by atoms with van der Waals surface area (Å²) < 4.78 is 87.4. The van der Waals surface area contributed by atoms with E-state index in [1.807, 2.05) is 11.0 Å². The molecule has 3 aromatic carbocycles. The van der Waals surface area contributed by atoms with Crippen molar-refractivity contribution in [3.8, 4) is 23.3 Å². The lowest BCUT2D eigenvalue weighted by Crippen LogP contribution is -2.50. The number of piperidine rings is 2. The number of imide groups is 1. The van der Waals surface area contributed by atoms with Gasteiger partial charge in [-0.2, -0.15) is 26.4 Å². The van der Waals surface area contributed by atoms with E-state index in [0.717, 1.165) is 22.7 Å². The maximum atomic E-state index is 15.1. The number of nitriles is 1. The molecule has 356 valence electrons. The molecule has 1 spiro atoms. The number of rotatable bonds is 13. The van der Waals surface area contributed by atoms with Crippen molar-refractivity contribution in [2.75, 3.05) is 75.3 Å². The fourth-order valence-electron chi connectivity index (χ4n) is 9.07. The molecule has 0 radical (unpaired) electrons. The second kappa shape index (κ2) is 18.8. The van der Waals surface area contributed by atoms with Gasteiger partial charge in [-0.3, -0.25) is 38.8 Å². The van der Waals surface area contributed by atoms with Crippen LogP contribution in [0.3, 0.4) is 0 Å². The van der Waals surface area contributed by atoms with Crippen molar-refractivity contribution >= 4 is 60.5 Å². The number of halogens is 1. The van der Waals surface area contributed by atoms with E-state index in [0.29, 0.717) is 75.1 Å². The molecular formula is C44H50FN9O11S2. The van der Waals surface area contributed by atoms with Gasteiger partial charge < -0.3 is 18.6 Å². The number of amides is 4. The van der Waals surface area contributed by atoms with E-state index in [-0.39, 0.29) is 90.1 Å². The maximum absolute atomic E-state index is 15.1. The molecule has 23 heteroatoms. The first-order valence-corrected chi connectivity index (χ1v) is 25.1. The third-order valence-electron chi connectivity index (χ3n) is 12.9. The van der Waals surface area contributed by atoms with E-state index < -0.39 is 43.5 Å². The molecule has 4 aliphatic heterocycles. The molecule has 8 rings (SSSR count). The standard InChI is InChI=1S/C44H50FN9O11S2/c1-4-50(2)67(61,62)49-37-10-8-35(45)41(34(37)24-46)64-31-6-9-36-33(22-31)42(57)54(27-47-36)30-23-44(63-26-30)14-19-52(20-15-44)40(56)25-51-16-11-28(12-17-51)32-7-5-29(21-38(32)65-66(3,59)60)53-18-13-39(55)48-43(53)58/h5-10,21-22,27-28,30,49H,4,11-20,23,25-26H2,1-3H3,(H,48,55,58)/t30-/m0/s1. The molecule has 4 amide bonds. The van der Waals surface area contributed by atoms with Crippen LogP contribution >= 0.6 is 0 Å². The van der Waals surface area contributed by atoms with Crippen LogP contribution in [0.5, 0.6) is 17.2 Å². The van der Waals surface area contributed by atoms with Crippen molar-refractivity contribution in [3.05, 3.63) is 82.2 Å². The van der Waals surface area contributed by atoms with Gasteiger partial charge in [-0.1, -0.05) is 13.0 Å². The van der Waals surface area contributed by atoms with Gasteiger partial charge in [0, 0.05) is 51.4 Å². The minimum Gasteiger partial charge on any atom is -0.453 e. The third-order valence-corrected chi connectivity index (χ3v) is 14.9. The van der Waals surface area contributed by atoms with Crippen LogP contribution in [-0.4, -0.2) is 130 Å². The number of urea groups is 1. The average molecular weight is 964 g/mol. The van der Waals surface area contributed by atoms with E-state index in [9.17, 15) is 41.3 Å². The second-order valence-corrected chi connectivity index (χ2v) is 20.6. The van der Waals surface area contributed by atoms with Gasteiger partial charge in [0.25, 0.3) is 5.56 Å². The Kier molecular flexibility index (Phi) is 13.3. The zero-order chi connectivity index (χ0) is 47.8. The molecular weight excluding hydrogens is 914 g/mol. The number of benzene rings is 3. The smallest absolute Gasteiger partial charge is 0.328 e. The molecule has 1 atom stereocenters. The highest BCUT2D eigenvalue weighted by Crippen LogP contribution is 2.42. The molecule has 5 heterocycles. The van der Waals surface area contributed by atoms with E-state index in [1.54, 1.807) is 19.1 Å². The van der Waals surface area contributed by atoms with Crippen LogP contribution in [0.1, 0.15) is 68.5 Å². The van der Waals surface area contributed by atoms with Gasteiger partial charge in [0.2, 0.25) is 11.8 Å². The molecule has 0 bridgehead atoms. The fraction of sp³-hybridized carbons (Fsp3) is 0.455. The van der Waals surface area contributed by atoms with Crippen LogP contribution in [-0.2, 0) is 34.7 Å². The zero-order valence-electron chi connectivity index (χ0n) is 37.1. The summed E-state index contributed by atoms with van der Waals surface area (Å²) in [5, 5.41) is 12.4. The van der Waals surface area contributed by atoms with Crippen LogP contribution < -0.4 is 29.4 Å². The largest absolute Gasteiger partial charge is 0.453 e. The van der Waals surface area contributed by atoms with Gasteiger partial charge in [0.05, 0.1) is 54.0 Å². The number of hydrogen-bond acceptors (Lipinski definition) is 14. The van der Waals surface area contributed by atoms with Crippen molar-refractivity contribution < 1.29 is 49.3 Å². The number of nitrogens with zero attached hydrogens (tertiary/aromatic N) is 7. The minimum absolute atomic E-state index is 0.0153. The number of ether oxygens (including phenoxy) is 2. The van der Waals surface area contributed by atoms with Crippen LogP contribution in [0, 0.1) is 17.1 Å². The highest BCUT2D eigenvalue weighted by atomic mass is 32.2. The highest BCUT2D eigenvalue weighted by Gasteiger charge is 2.44. The van der Waals surface area contributed by atoms with Crippen molar-refractivity contribution in [1.82, 2.24) is 29.0 Å². The van der Waals surface area contributed by atoms with Crippen LogP contribution in [0.4, 0.5) is 20.6 Å². The summed E-state index contributed by atoms with van der Waals surface area (Å²) >= 11 is 0. The summed E-state index contributed by atoms with van der Waals surface area (Å²) in [7, 11) is -6.60. The van der Waals surface area contributed by atoms with Crippen molar-refractivity contribution in [1.29, 1.82) is 5.26 Å². The Bertz CT molecular complexity index is 2950. The molecule has 1 aromatic heterocycles. The Morgan fingerprint density at radius 3 is 2.48 bits per heavy atom. The number of likely N-dealkylation sites (tertiary alicyclic amines) is 2. The summed E-state index contributed by atoms with van der Waals surface area (Å²) in [6, 6.07) is 12.3. The normalized spacial score (nSPS) is 19.4. The molecule has 0 saturated carbocycles. The summed E-state index contributed by atoms with van der Waals surface area (Å²) in [4.78, 5) is 61.5. The topological polar surface area (TPSA) is 243 Å². The molecule has 0 unspecified atom stereocenters. The average Bonchev–Trinajstić information content (AvgIpc) is 3.69. The SMILES string of the molecule is CCN(C)S(=O)(=O)Nc1ccc(F)c(Oc2ccc3ncn([C@@H]4COC5(CCN(C(=O)CN6CCC(c7ccc(N8CCC(=O)NC8=O)cc7OS(C)(=O)=O)CC6)CC5)C4)c(=O)c3c2)c1C#N. The molecule has 20 nitrogen and oxygen atoms in total. The number of fused-ring (bicyclic) bond motifs is 1. The van der Waals surface area contributed by atoms with Crippen LogP contribution in [0.2, 0.25) is 0 Å². The quantitative estimate of drug-likeness (QED) is 0.181. The van der Waals surface area contributed by atoms with E-state index in [4.69, 9.17) is 13.7 Å². The first-order valence-electron chi connectivity index (χ1n) is 21.8. The minimum atomic E-state index is -4.04. The molecule has 4 aromatic rings. The lowest BCUT2D eigenvalue weighted by Gasteiger charge is -2.40. The predicted molar refractivity (Wildman–Crippen MR) is 242 cm³/mol. The van der Waals surface area contributed by atoms with Gasteiger partial charge in [0.1, 0.15) is 23.1 Å². The van der Waals surface area contributed by atoms with Crippen LogP contribution in [0.25, 0.3) is 10.9 Å². The monoisotopic (exact) mass is 963 g/mol. The number of carbonyl (C=O) groups is 3. The Morgan fingerprint density at radius 1 is 1.04 bits per heavy atom. The summed E-state index contributed by atoms with van der Waals surface area (Å²) in [5.74, 6) is -1.75. The molecule has 2 N–H and O–H groups in total. The Balaban J connectivity index is 0.871. The number of aromatic nitrogens is 2. The van der Waals surface area contributed by atoms with E-state index in [2.05, 4.69) is 19.9 Å². The summed E-state index contributed by atoms with van der Waals surface area (Å²) in [6.07, 6.45) is 5.44. The Hall–Kier alpha value is -6.19. The van der Waals surface area contributed by atoms with Gasteiger partial charge >= 0.3 is 26.4 Å². The van der Waals surface area contributed by atoms with Crippen molar-refractivity contribution in [3.63, 3.8) is 0 Å². The lowest BCUT2D eigenvalue weighted by molar-refractivity contribution is -0.137. The summed E-state index contributed by atoms with van der Waals surface area (Å²) in [5.41, 5.74) is -0.0648. The van der Waals surface area contributed by atoms with E-state index in [1.165, 1.54) is 47.1 Å². The summed E-state index contributed by atoms with van der Waals surface area (Å²) in [6.45, 7) is 4.49. The van der Waals surface area contributed by atoms with Gasteiger partial charge in [0.15, 0.2) is 11.6 Å². The van der Waals surface area contributed by atoms with E-state index >= 15 is 4.39 Å². The number of anilines is 2. The highest BCUT2D eigenvalue weighted by molar-refractivity contribution is 7.90. The first-order chi connectivity index (χ1) is 31.9. The molecule has 4 saturated heterocycles. The second-order valence-electron chi connectivity index (χ2n) is 17.2. The Morgan fingerprint density at radius 2 is 1.79 bits per heavy atom. The lowest BCUT2D eigenvalue weighted by atomic mass is 9.87. The van der Waals surface area contributed by atoms with Crippen molar-refractivity contribution in [2.45, 2.75) is 63.0 Å². The fourth-order valence-corrected chi connectivity index (χ4v) is 10.5. The molecule has 4 fully saturated rings. The molecule has 67 heavy (non-hydrogen) atoms. The zero-order valence-corrected chi connectivity index (χ0v) is 38.7. The number of hydrogen-bond donors (Lipinski definition) is 2. The van der Waals surface area contributed by atoms with Gasteiger partial charge in [-0.15, -0.1) is 0 Å². The Labute approximate surface area is 386 Å². The maximum Gasteiger partial charge on any atom is 0.328 e. The predicted octanol–water partition coefficient (Wildman–Crippen LogP) is 3.79.